The summed E-state index contributed by atoms with van der Waals surface area (Å²) >= 11 is 0. The maximum absolute atomic E-state index is 14.1. The van der Waals surface area contributed by atoms with Gasteiger partial charge >= 0.3 is 6.18 Å². The lowest BCUT2D eigenvalue weighted by atomic mass is 9.71. The number of terminal acetylenes is 1. The van der Waals surface area contributed by atoms with Crippen LogP contribution in [0.25, 0.3) is 0 Å². The predicted molar refractivity (Wildman–Crippen MR) is 124 cm³/mol. The van der Waals surface area contributed by atoms with Gasteiger partial charge in [0.15, 0.2) is 0 Å². The number of primary amides is 1. The van der Waals surface area contributed by atoms with Crippen molar-refractivity contribution in [3.05, 3.63) is 58.6 Å². The second-order valence-electron chi connectivity index (χ2n) is 8.56. The molecule has 0 radical (unpaired) electrons. The van der Waals surface area contributed by atoms with Crippen molar-refractivity contribution >= 4 is 5.91 Å². The zero-order chi connectivity index (χ0) is 26.1. The standard InChI is InChI=1S/C15H21F2N.C10H11F3N2O/c1-10-4-3-5-13(14(10)17)11(2)15(18)8-6-12(16)7-9-15;1-3-15-5-4-8(10(11,12)13)7(2)6-9(14)16/h3-5,11-12H,6-9,18H2,1-2H3;1,4-5,15H,6H2,2H3,(H2,14,16)/b;5-4-,8-7+. The summed E-state index contributed by atoms with van der Waals surface area (Å²) in [6.45, 7) is 4.90. The Hall–Kier alpha value is -2.86. The van der Waals surface area contributed by atoms with Crippen LogP contribution in [0.3, 0.4) is 0 Å². The molecule has 1 saturated carbocycles. The van der Waals surface area contributed by atoms with Gasteiger partial charge in [0, 0.05) is 30.1 Å². The van der Waals surface area contributed by atoms with E-state index in [4.69, 9.17) is 17.9 Å². The molecule has 1 aliphatic rings. The van der Waals surface area contributed by atoms with E-state index < -0.39 is 35.8 Å². The lowest BCUT2D eigenvalue weighted by molar-refractivity contribution is -0.117. The van der Waals surface area contributed by atoms with Crippen LogP contribution in [0.1, 0.15) is 63.0 Å². The Kier molecular flexibility index (Phi) is 10.8. The molecule has 1 aliphatic carbocycles. The first kappa shape index (κ1) is 29.2. The van der Waals surface area contributed by atoms with Gasteiger partial charge in [0.05, 0.1) is 5.57 Å². The first-order valence-corrected chi connectivity index (χ1v) is 10.8. The van der Waals surface area contributed by atoms with E-state index in [1.54, 1.807) is 19.1 Å². The van der Waals surface area contributed by atoms with E-state index in [1.807, 2.05) is 19.0 Å². The molecular formula is C25H32F5N3O. The molecule has 2 rings (SSSR count). The fraction of sp³-hybridized carbons (Fsp3) is 0.480. The Morgan fingerprint density at radius 1 is 1.35 bits per heavy atom. The van der Waals surface area contributed by atoms with Gasteiger partial charge in [0.25, 0.3) is 0 Å². The number of rotatable bonds is 6. The molecule has 1 fully saturated rings. The van der Waals surface area contributed by atoms with E-state index in [2.05, 4.69) is 5.32 Å². The van der Waals surface area contributed by atoms with Gasteiger partial charge in [-0.15, -0.1) is 0 Å². The second-order valence-corrected chi connectivity index (χ2v) is 8.56. The summed E-state index contributed by atoms with van der Waals surface area (Å²) in [5, 5.41) is 2.16. The highest BCUT2D eigenvalue weighted by Crippen LogP contribution is 2.39. The highest BCUT2D eigenvalue weighted by molar-refractivity contribution is 5.76. The monoisotopic (exact) mass is 485 g/mol. The SMILES string of the molecule is C#CN/C=C\C(=C(\C)CC(N)=O)C(F)(F)F.Cc1cccc(C(C)C2(N)CCC(F)CC2)c1F. The number of hydrogen-bond donors (Lipinski definition) is 3. The van der Waals surface area contributed by atoms with Crippen molar-refractivity contribution < 1.29 is 26.7 Å². The number of alkyl halides is 4. The largest absolute Gasteiger partial charge is 0.416 e. The van der Waals surface area contributed by atoms with Gasteiger partial charge in [0.2, 0.25) is 5.91 Å². The Labute approximate surface area is 197 Å². The van der Waals surface area contributed by atoms with Crippen molar-refractivity contribution in [2.45, 2.75) is 76.7 Å². The van der Waals surface area contributed by atoms with Crippen LogP contribution < -0.4 is 16.8 Å². The number of allylic oxidation sites excluding steroid dienone is 2. The van der Waals surface area contributed by atoms with E-state index >= 15 is 0 Å². The van der Waals surface area contributed by atoms with Crippen LogP contribution >= 0.6 is 0 Å². The summed E-state index contributed by atoms with van der Waals surface area (Å²) in [5.74, 6) is -1.07. The van der Waals surface area contributed by atoms with Crippen molar-refractivity contribution in [3.63, 3.8) is 0 Å². The smallest absolute Gasteiger partial charge is 0.369 e. The topological polar surface area (TPSA) is 81.1 Å². The number of nitrogens with one attached hydrogen (secondary N) is 1. The molecule has 1 aromatic carbocycles. The maximum atomic E-state index is 14.1. The summed E-state index contributed by atoms with van der Waals surface area (Å²) in [4.78, 5) is 10.5. The minimum atomic E-state index is -4.55. The Balaban J connectivity index is 0.000000344. The van der Waals surface area contributed by atoms with Gasteiger partial charge in [0.1, 0.15) is 12.0 Å². The lowest BCUT2D eigenvalue weighted by Crippen LogP contribution is -2.48. The number of nitrogens with two attached hydrogens (primary N) is 2. The minimum absolute atomic E-state index is 0.0788. The zero-order valence-corrected chi connectivity index (χ0v) is 19.6. The van der Waals surface area contributed by atoms with E-state index in [0.717, 1.165) is 12.3 Å². The molecule has 0 spiro atoms. The number of carbonyl (C=O) groups excluding carboxylic acids is 1. The fourth-order valence-corrected chi connectivity index (χ4v) is 3.88. The number of benzene rings is 1. The number of halogens is 5. The molecule has 0 aromatic heterocycles. The minimum Gasteiger partial charge on any atom is -0.369 e. The molecular weight excluding hydrogens is 453 g/mol. The molecule has 1 amide bonds. The van der Waals surface area contributed by atoms with Gasteiger partial charge in [-0.3, -0.25) is 4.79 Å². The first-order valence-electron chi connectivity index (χ1n) is 10.8. The van der Waals surface area contributed by atoms with Crippen molar-refractivity contribution in [1.82, 2.24) is 5.32 Å². The Bertz CT molecular complexity index is 939. The maximum Gasteiger partial charge on any atom is 0.416 e. The third kappa shape index (κ3) is 8.49. The average Bonchev–Trinajstić information content (AvgIpc) is 2.74. The van der Waals surface area contributed by atoms with E-state index in [1.165, 1.54) is 6.92 Å². The lowest BCUT2D eigenvalue weighted by Gasteiger charge is -2.40. The number of hydrogen-bond acceptors (Lipinski definition) is 3. The molecule has 34 heavy (non-hydrogen) atoms. The second kappa shape index (κ2) is 12.6. The summed E-state index contributed by atoms with van der Waals surface area (Å²) < 4.78 is 64.9. The number of aryl methyl sites for hydroxylation is 1. The molecule has 0 saturated heterocycles. The van der Waals surface area contributed by atoms with Crippen molar-refractivity contribution in [2.24, 2.45) is 11.5 Å². The van der Waals surface area contributed by atoms with Crippen LogP contribution in [-0.4, -0.2) is 23.8 Å². The highest BCUT2D eigenvalue weighted by Gasteiger charge is 2.38. The summed E-state index contributed by atoms with van der Waals surface area (Å²) in [6, 6.07) is 7.34. The van der Waals surface area contributed by atoms with Gasteiger partial charge < -0.3 is 16.8 Å². The van der Waals surface area contributed by atoms with Crippen molar-refractivity contribution in [3.8, 4) is 12.5 Å². The predicted octanol–water partition coefficient (Wildman–Crippen LogP) is 5.28. The number of carbonyl (C=O) groups is 1. The molecule has 0 aliphatic heterocycles. The molecule has 1 aromatic rings. The third-order valence-electron chi connectivity index (χ3n) is 6.02. The van der Waals surface area contributed by atoms with E-state index in [0.29, 0.717) is 36.8 Å². The first-order chi connectivity index (χ1) is 15.7. The normalized spacial score (nSPS) is 22.2. The van der Waals surface area contributed by atoms with Crippen LogP contribution in [-0.2, 0) is 4.79 Å². The third-order valence-corrected chi connectivity index (χ3v) is 6.02. The zero-order valence-electron chi connectivity index (χ0n) is 19.6. The van der Waals surface area contributed by atoms with Crippen LogP contribution in [0.5, 0.6) is 0 Å². The van der Waals surface area contributed by atoms with Crippen LogP contribution in [0.4, 0.5) is 22.0 Å². The highest BCUT2D eigenvalue weighted by atomic mass is 19.4. The summed E-state index contributed by atoms with van der Waals surface area (Å²) in [7, 11) is 0. The van der Waals surface area contributed by atoms with E-state index in [-0.39, 0.29) is 17.3 Å². The van der Waals surface area contributed by atoms with Crippen LogP contribution in [0, 0.1) is 25.2 Å². The molecule has 4 nitrogen and oxygen atoms in total. The Morgan fingerprint density at radius 2 is 1.94 bits per heavy atom. The van der Waals surface area contributed by atoms with Gasteiger partial charge in [-0.2, -0.15) is 13.2 Å². The van der Waals surface area contributed by atoms with Crippen molar-refractivity contribution in [1.29, 1.82) is 0 Å². The molecule has 1 unspecified atom stereocenters. The number of amides is 1. The molecule has 0 bridgehead atoms. The molecule has 9 heteroatoms. The fourth-order valence-electron chi connectivity index (χ4n) is 3.88. The summed E-state index contributed by atoms with van der Waals surface area (Å²) in [5.41, 5.74) is 10.9. The van der Waals surface area contributed by atoms with Crippen molar-refractivity contribution in [2.75, 3.05) is 0 Å². The average molecular weight is 486 g/mol. The van der Waals surface area contributed by atoms with Gasteiger partial charge in [-0.1, -0.05) is 37.1 Å². The summed E-state index contributed by atoms with van der Waals surface area (Å²) in [6.07, 6.45) is 3.03. The molecule has 1 atom stereocenters. The van der Waals surface area contributed by atoms with E-state index in [9.17, 15) is 26.7 Å². The van der Waals surface area contributed by atoms with Gasteiger partial charge in [-0.25, -0.2) is 8.78 Å². The molecule has 0 heterocycles. The quantitative estimate of drug-likeness (QED) is 0.222. The van der Waals surface area contributed by atoms with Gasteiger partial charge in [-0.05, 0) is 56.7 Å². The molecule has 5 N–H and O–H groups in total. The molecule has 188 valence electrons. The van der Waals surface area contributed by atoms with Crippen LogP contribution in [0.15, 0.2) is 41.6 Å². The van der Waals surface area contributed by atoms with Crippen LogP contribution in [0.2, 0.25) is 0 Å². The Morgan fingerprint density at radius 3 is 2.44 bits per heavy atom.